The minimum Gasteiger partial charge on any atom is -0.740 e. The Bertz CT molecular complexity index is 445. The molecule has 5 nitrogen and oxygen atoms in total. The fourth-order valence-corrected chi connectivity index (χ4v) is 1.08. The van der Waals surface area contributed by atoms with Crippen molar-refractivity contribution in [3.05, 3.63) is 29.3 Å². The largest absolute Gasteiger partial charge is 1.00 e. The molecule has 0 spiro atoms. The minimum absolute atomic E-state index is 0. The van der Waals surface area contributed by atoms with E-state index in [0.717, 1.165) is 0 Å². The molecule has 76 valence electrons. The monoisotopic (exact) mass is 273 g/mol. The molecular formula is C7H5ClKNO4S. The number of carbonyl (C=O) groups is 1. The van der Waals surface area contributed by atoms with E-state index in [1.165, 1.54) is 24.3 Å². The summed E-state index contributed by atoms with van der Waals surface area (Å²) < 4.78 is 30.6. The van der Waals surface area contributed by atoms with Gasteiger partial charge in [-0.05, 0) is 24.3 Å². The molecule has 0 aromatic heterocycles. The molecular weight excluding hydrogens is 269 g/mol. The molecule has 0 atom stereocenters. The van der Waals surface area contributed by atoms with Crippen LogP contribution in [0.25, 0.3) is 0 Å². The molecule has 0 aliphatic rings. The second kappa shape index (κ2) is 6.31. The molecule has 8 heteroatoms. The van der Waals surface area contributed by atoms with Crippen LogP contribution in [0.1, 0.15) is 0 Å². The standard InChI is InChI=1S/C7H6ClNO4S.K/c8-5-1-3-6(4-2-5)9-7(10)14(11,12)13;/h1-4H,(H,9,10)(H,11,12,13);/q;+1/p-1. The Hall–Kier alpha value is 0.526. The van der Waals surface area contributed by atoms with E-state index >= 15 is 0 Å². The summed E-state index contributed by atoms with van der Waals surface area (Å²) in [4.78, 5) is 10.7. The first kappa shape index (κ1) is 15.5. The van der Waals surface area contributed by atoms with E-state index in [1.54, 1.807) is 0 Å². The van der Waals surface area contributed by atoms with Crippen molar-refractivity contribution in [2.24, 2.45) is 0 Å². The van der Waals surface area contributed by atoms with Gasteiger partial charge >= 0.3 is 56.6 Å². The van der Waals surface area contributed by atoms with Gasteiger partial charge in [-0.15, -0.1) is 0 Å². The van der Waals surface area contributed by atoms with Crippen molar-refractivity contribution in [3.8, 4) is 0 Å². The summed E-state index contributed by atoms with van der Waals surface area (Å²) in [5.74, 6) is 0. The molecule has 0 unspecified atom stereocenters. The molecule has 1 amide bonds. The summed E-state index contributed by atoms with van der Waals surface area (Å²) in [6, 6.07) is 5.67. The molecule has 0 fully saturated rings. The molecule has 0 aliphatic heterocycles. The van der Waals surface area contributed by atoms with Crippen molar-refractivity contribution < 1.29 is 69.1 Å². The maximum atomic E-state index is 10.7. The van der Waals surface area contributed by atoms with E-state index in [-0.39, 0.29) is 57.1 Å². The summed E-state index contributed by atoms with van der Waals surface area (Å²) in [5, 5.41) is 0.765. The molecule has 1 N–H and O–H groups in total. The van der Waals surface area contributed by atoms with E-state index in [2.05, 4.69) is 0 Å². The molecule has 1 rings (SSSR count). The maximum Gasteiger partial charge on any atom is 1.00 e. The number of anilines is 1. The minimum atomic E-state index is -4.94. The van der Waals surface area contributed by atoms with Gasteiger partial charge in [-0.25, -0.2) is 8.42 Å². The van der Waals surface area contributed by atoms with Gasteiger partial charge in [0.25, 0.3) is 0 Å². The van der Waals surface area contributed by atoms with Crippen molar-refractivity contribution >= 4 is 32.6 Å². The average Bonchev–Trinajstić information content (AvgIpc) is 2.07. The molecule has 0 radical (unpaired) electrons. The van der Waals surface area contributed by atoms with Crippen molar-refractivity contribution in [1.82, 2.24) is 0 Å². The second-order valence-corrected chi connectivity index (χ2v) is 4.09. The second-order valence-electron chi connectivity index (χ2n) is 2.37. The van der Waals surface area contributed by atoms with Crippen LogP contribution in [-0.4, -0.2) is 18.2 Å². The summed E-state index contributed by atoms with van der Waals surface area (Å²) in [7, 11) is -4.94. The van der Waals surface area contributed by atoms with E-state index in [1.807, 2.05) is 5.32 Å². The van der Waals surface area contributed by atoms with Gasteiger partial charge in [0.1, 0.15) is 0 Å². The summed E-state index contributed by atoms with van der Waals surface area (Å²) in [6.45, 7) is 0. The third-order valence-corrected chi connectivity index (χ3v) is 2.13. The van der Waals surface area contributed by atoms with Crippen molar-refractivity contribution in [2.75, 3.05) is 5.32 Å². The van der Waals surface area contributed by atoms with Crippen LogP contribution in [0.15, 0.2) is 24.3 Å². The van der Waals surface area contributed by atoms with Crippen molar-refractivity contribution in [2.45, 2.75) is 0 Å². The van der Waals surface area contributed by atoms with Gasteiger partial charge in [-0.2, -0.15) is 0 Å². The van der Waals surface area contributed by atoms with Gasteiger partial charge < -0.3 is 9.87 Å². The van der Waals surface area contributed by atoms with Gasteiger partial charge in [0.15, 0.2) is 10.1 Å². The number of halogens is 1. The zero-order chi connectivity index (χ0) is 10.8. The van der Waals surface area contributed by atoms with Gasteiger partial charge in [0.05, 0.1) is 0 Å². The summed E-state index contributed by atoms with van der Waals surface area (Å²) >= 11 is 5.55. The molecule has 0 heterocycles. The first-order valence-corrected chi connectivity index (χ1v) is 5.20. The molecule has 15 heavy (non-hydrogen) atoms. The average molecular weight is 274 g/mol. The Morgan fingerprint density at radius 3 is 2.13 bits per heavy atom. The van der Waals surface area contributed by atoms with Crippen molar-refractivity contribution in [3.63, 3.8) is 0 Å². The van der Waals surface area contributed by atoms with Gasteiger partial charge in [0, 0.05) is 10.7 Å². The smallest absolute Gasteiger partial charge is 0.740 e. The topological polar surface area (TPSA) is 86.3 Å². The molecule has 0 bridgehead atoms. The van der Waals surface area contributed by atoms with Crippen LogP contribution in [0.2, 0.25) is 5.02 Å². The molecule has 1 aromatic rings. The van der Waals surface area contributed by atoms with E-state index < -0.39 is 15.4 Å². The first-order chi connectivity index (χ1) is 6.39. The van der Waals surface area contributed by atoms with Crippen LogP contribution in [0.5, 0.6) is 0 Å². The third-order valence-electron chi connectivity index (χ3n) is 1.32. The van der Waals surface area contributed by atoms with Crippen LogP contribution >= 0.6 is 11.6 Å². The number of amides is 1. The van der Waals surface area contributed by atoms with E-state index in [4.69, 9.17) is 11.6 Å². The summed E-state index contributed by atoms with van der Waals surface area (Å²) in [6.07, 6.45) is 0. The number of rotatable bonds is 1. The van der Waals surface area contributed by atoms with Crippen LogP contribution < -0.4 is 56.7 Å². The predicted octanol–water partition coefficient (Wildman–Crippen LogP) is -1.58. The fraction of sp³-hybridized carbons (Fsp3) is 0. The molecule has 0 aliphatic carbocycles. The Morgan fingerprint density at radius 2 is 1.73 bits per heavy atom. The normalized spacial score (nSPS) is 10.3. The quantitative estimate of drug-likeness (QED) is 0.494. The fourth-order valence-electron chi connectivity index (χ4n) is 0.714. The zero-order valence-electron chi connectivity index (χ0n) is 7.73. The Balaban J connectivity index is 0.00000196. The van der Waals surface area contributed by atoms with Crippen molar-refractivity contribution in [1.29, 1.82) is 0 Å². The van der Waals surface area contributed by atoms with Crippen LogP contribution in [-0.2, 0) is 10.1 Å². The Labute approximate surface area is 134 Å². The van der Waals surface area contributed by atoms with Crippen LogP contribution in [0.4, 0.5) is 10.5 Å². The van der Waals surface area contributed by atoms with Crippen LogP contribution in [0.3, 0.4) is 0 Å². The SMILES string of the molecule is O=C(Nc1ccc(Cl)cc1)S(=O)(=O)[O-].[K+]. The Morgan fingerprint density at radius 1 is 1.27 bits per heavy atom. The number of benzene rings is 1. The number of hydrogen-bond donors (Lipinski definition) is 1. The number of carbonyl (C=O) groups excluding carboxylic acids is 1. The van der Waals surface area contributed by atoms with E-state index in [0.29, 0.717) is 5.02 Å². The maximum absolute atomic E-state index is 10.7. The Kier molecular flexibility index (Phi) is 6.53. The molecule has 1 aromatic carbocycles. The number of nitrogens with one attached hydrogen (secondary N) is 1. The number of hydrogen-bond acceptors (Lipinski definition) is 4. The van der Waals surface area contributed by atoms with Gasteiger partial charge in [-0.3, -0.25) is 4.79 Å². The van der Waals surface area contributed by atoms with Crippen LogP contribution in [0, 0.1) is 0 Å². The van der Waals surface area contributed by atoms with E-state index in [9.17, 15) is 17.8 Å². The first-order valence-electron chi connectivity index (χ1n) is 3.42. The zero-order valence-corrected chi connectivity index (χ0v) is 12.4. The third kappa shape index (κ3) is 5.41. The molecule has 0 saturated carbocycles. The van der Waals surface area contributed by atoms with Gasteiger partial charge in [-0.1, -0.05) is 11.6 Å². The molecule has 0 saturated heterocycles. The van der Waals surface area contributed by atoms with Gasteiger partial charge in [0.2, 0.25) is 0 Å². The summed E-state index contributed by atoms with van der Waals surface area (Å²) in [5.41, 5.74) is 0.193. The predicted molar refractivity (Wildman–Crippen MR) is 50.2 cm³/mol.